The van der Waals surface area contributed by atoms with Crippen molar-refractivity contribution in [2.45, 2.75) is 65.2 Å². The Morgan fingerprint density at radius 3 is 1.56 bits per heavy atom. The lowest BCUT2D eigenvalue weighted by molar-refractivity contribution is 0.257. The van der Waals surface area contributed by atoms with Crippen molar-refractivity contribution in [1.82, 2.24) is 8.75 Å². The number of fused-ring (bicyclic) bond motifs is 1. The van der Waals surface area contributed by atoms with E-state index in [2.05, 4.69) is 54.5 Å². The molecule has 7 heteroatoms. The zero-order valence-corrected chi connectivity index (χ0v) is 18.9. The first-order chi connectivity index (χ1) is 12.2. The van der Waals surface area contributed by atoms with E-state index >= 15 is 0 Å². The largest absolute Gasteiger partial charge is 0.488 e. The molecule has 0 aliphatic carbocycles. The van der Waals surface area contributed by atoms with Crippen LogP contribution in [-0.4, -0.2) is 22.0 Å². The molecule has 0 N–H and O–H groups in total. The molecule has 0 saturated heterocycles. The molecule has 0 unspecified atom stereocenters. The number of unbranched alkanes of at least 4 members (excludes halogenated alkanes) is 6. The summed E-state index contributed by atoms with van der Waals surface area (Å²) in [7, 11) is 0. The van der Waals surface area contributed by atoms with E-state index in [0.717, 1.165) is 44.3 Å². The molecule has 1 heterocycles. The lowest BCUT2D eigenvalue weighted by Gasteiger charge is -2.16. The van der Waals surface area contributed by atoms with Crippen LogP contribution in [0.2, 0.25) is 0 Å². The Balaban J connectivity index is 2.13. The zero-order chi connectivity index (χ0) is 18.1. The monoisotopic (exact) mass is 492 g/mol. The Labute approximate surface area is 171 Å². The molecule has 0 spiro atoms. The molecule has 0 bridgehead atoms. The number of rotatable bonds is 12. The molecule has 25 heavy (non-hydrogen) atoms. The van der Waals surface area contributed by atoms with Crippen molar-refractivity contribution in [1.29, 1.82) is 0 Å². The molecule has 0 fully saturated rings. The first-order valence-electron chi connectivity index (χ1n) is 9.09. The van der Waals surface area contributed by atoms with Gasteiger partial charge in [-0.15, -0.1) is 0 Å². The molecule has 0 radical (unpaired) electrons. The molecule has 2 aromatic rings. The average Bonchev–Trinajstić information content (AvgIpc) is 3.10. The van der Waals surface area contributed by atoms with Gasteiger partial charge in [0.1, 0.15) is 11.0 Å². The molecule has 1 aromatic carbocycles. The third-order valence-electron chi connectivity index (χ3n) is 4.00. The second-order valence-electron chi connectivity index (χ2n) is 6.07. The molecule has 0 atom stereocenters. The van der Waals surface area contributed by atoms with Gasteiger partial charge in [0.2, 0.25) is 0 Å². The molecular weight excluding hydrogens is 468 g/mol. The maximum Gasteiger partial charge on any atom is 0.178 e. The van der Waals surface area contributed by atoms with Gasteiger partial charge in [0.05, 0.1) is 33.9 Å². The number of benzene rings is 1. The van der Waals surface area contributed by atoms with Crippen LogP contribution in [0.1, 0.15) is 65.2 Å². The summed E-state index contributed by atoms with van der Waals surface area (Å²) in [5.74, 6) is 1.47. The Morgan fingerprint density at radius 2 is 1.16 bits per heavy atom. The van der Waals surface area contributed by atoms with E-state index in [1.165, 1.54) is 50.3 Å². The molecule has 1 aromatic heterocycles. The lowest BCUT2D eigenvalue weighted by atomic mass is 10.2. The van der Waals surface area contributed by atoms with E-state index in [1.807, 2.05) is 0 Å². The van der Waals surface area contributed by atoms with Gasteiger partial charge in [0.15, 0.2) is 11.5 Å². The van der Waals surface area contributed by atoms with E-state index in [4.69, 9.17) is 9.47 Å². The van der Waals surface area contributed by atoms with Crippen LogP contribution in [0.25, 0.3) is 11.0 Å². The van der Waals surface area contributed by atoms with E-state index < -0.39 is 0 Å². The van der Waals surface area contributed by atoms with Crippen LogP contribution < -0.4 is 9.47 Å². The molecule has 0 amide bonds. The van der Waals surface area contributed by atoms with Crippen molar-refractivity contribution in [3.05, 3.63) is 8.95 Å². The normalized spacial score (nSPS) is 11.2. The quantitative estimate of drug-likeness (QED) is 0.295. The fraction of sp³-hybridized carbons (Fsp3) is 0.667. The SMILES string of the molecule is CCCCCCOc1c(OCCCCCC)c(Br)c2nsnc2c1Br. The summed E-state index contributed by atoms with van der Waals surface area (Å²) in [5, 5.41) is 0. The highest BCUT2D eigenvalue weighted by Gasteiger charge is 2.22. The average molecular weight is 494 g/mol. The second kappa shape index (κ2) is 11.3. The summed E-state index contributed by atoms with van der Waals surface area (Å²) in [5.41, 5.74) is 1.64. The Kier molecular flexibility index (Phi) is 9.48. The summed E-state index contributed by atoms with van der Waals surface area (Å²) < 4.78 is 22.6. The topological polar surface area (TPSA) is 44.2 Å². The molecular formula is C18H26Br2N2O2S. The van der Waals surface area contributed by atoms with E-state index in [0.29, 0.717) is 13.2 Å². The van der Waals surface area contributed by atoms with Gasteiger partial charge in [0, 0.05) is 0 Å². The Bertz CT molecular complexity index is 610. The number of nitrogens with zero attached hydrogens (tertiary/aromatic N) is 2. The fourth-order valence-electron chi connectivity index (χ4n) is 2.55. The molecule has 0 aliphatic heterocycles. The number of hydrogen-bond donors (Lipinski definition) is 0. The Morgan fingerprint density at radius 1 is 0.720 bits per heavy atom. The van der Waals surface area contributed by atoms with Gasteiger partial charge >= 0.3 is 0 Å². The van der Waals surface area contributed by atoms with Crippen LogP contribution in [0, 0.1) is 0 Å². The van der Waals surface area contributed by atoms with Crippen LogP contribution in [0.15, 0.2) is 8.95 Å². The van der Waals surface area contributed by atoms with Crippen molar-refractivity contribution >= 4 is 54.6 Å². The third-order valence-corrected chi connectivity index (χ3v) is 6.00. The summed E-state index contributed by atoms with van der Waals surface area (Å²) in [4.78, 5) is 0. The minimum absolute atomic E-state index is 0.681. The second-order valence-corrected chi connectivity index (χ2v) is 8.18. The van der Waals surface area contributed by atoms with Gasteiger partial charge in [-0.1, -0.05) is 52.4 Å². The molecule has 0 aliphatic rings. The van der Waals surface area contributed by atoms with Crippen LogP contribution in [0.4, 0.5) is 0 Å². The summed E-state index contributed by atoms with van der Waals surface area (Å²) >= 11 is 8.48. The van der Waals surface area contributed by atoms with Crippen molar-refractivity contribution in [2.75, 3.05) is 13.2 Å². The van der Waals surface area contributed by atoms with Crippen molar-refractivity contribution in [3.8, 4) is 11.5 Å². The predicted molar refractivity (Wildman–Crippen MR) is 112 cm³/mol. The van der Waals surface area contributed by atoms with Gasteiger partial charge < -0.3 is 9.47 Å². The highest BCUT2D eigenvalue weighted by atomic mass is 79.9. The first-order valence-corrected chi connectivity index (χ1v) is 11.4. The maximum atomic E-state index is 6.09. The van der Waals surface area contributed by atoms with Gasteiger partial charge in [-0.2, -0.15) is 8.75 Å². The van der Waals surface area contributed by atoms with Gasteiger partial charge in [-0.3, -0.25) is 0 Å². The fourth-order valence-corrected chi connectivity index (χ4v) is 4.49. The zero-order valence-electron chi connectivity index (χ0n) is 14.9. The van der Waals surface area contributed by atoms with E-state index in [9.17, 15) is 0 Å². The van der Waals surface area contributed by atoms with Gasteiger partial charge in [-0.05, 0) is 44.7 Å². The molecule has 2 rings (SSSR count). The smallest absolute Gasteiger partial charge is 0.178 e. The lowest BCUT2D eigenvalue weighted by Crippen LogP contribution is -2.04. The first kappa shape index (κ1) is 20.9. The van der Waals surface area contributed by atoms with Crippen LogP contribution in [-0.2, 0) is 0 Å². The van der Waals surface area contributed by atoms with Crippen LogP contribution >= 0.6 is 43.6 Å². The predicted octanol–water partition coefficient (Wildman–Crippen LogP) is 7.13. The van der Waals surface area contributed by atoms with E-state index in [1.54, 1.807) is 0 Å². The maximum absolute atomic E-state index is 6.09. The minimum Gasteiger partial charge on any atom is -0.488 e. The van der Waals surface area contributed by atoms with Crippen LogP contribution in [0.3, 0.4) is 0 Å². The molecule has 4 nitrogen and oxygen atoms in total. The summed E-state index contributed by atoms with van der Waals surface area (Å²) in [6.07, 6.45) is 9.37. The highest BCUT2D eigenvalue weighted by molar-refractivity contribution is 9.11. The molecule has 140 valence electrons. The highest BCUT2D eigenvalue weighted by Crippen LogP contribution is 2.47. The number of aromatic nitrogens is 2. The number of halogens is 2. The van der Waals surface area contributed by atoms with Crippen LogP contribution in [0.5, 0.6) is 11.5 Å². The van der Waals surface area contributed by atoms with Gasteiger partial charge in [-0.25, -0.2) is 0 Å². The summed E-state index contributed by atoms with van der Waals surface area (Å²) in [6, 6.07) is 0. The summed E-state index contributed by atoms with van der Waals surface area (Å²) in [6.45, 7) is 5.78. The number of ether oxygens (including phenoxy) is 2. The van der Waals surface area contributed by atoms with Gasteiger partial charge in [0.25, 0.3) is 0 Å². The standard InChI is InChI=1S/C18H26Br2N2O2S/c1-3-5-7-9-11-23-17-13(19)15-16(22-25-21-15)14(20)18(17)24-12-10-8-6-4-2/h3-12H2,1-2H3. The third kappa shape index (κ3) is 5.79. The Hall–Kier alpha value is -0.400. The number of hydrogen-bond acceptors (Lipinski definition) is 5. The minimum atomic E-state index is 0.681. The van der Waals surface area contributed by atoms with Crippen molar-refractivity contribution in [2.24, 2.45) is 0 Å². The van der Waals surface area contributed by atoms with E-state index in [-0.39, 0.29) is 0 Å². The van der Waals surface area contributed by atoms with Crippen molar-refractivity contribution in [3.63, 3.8) is 0 Å². The molecule has 0 saturated carbocycles. The van der Waals surface area contributed by atoms with Crippen molar-refractivity contribution < 1.29 is 9.47 Å².